The number of aromatic nitrogens is 1. The second-order valence-electron chi connectivity index (χ2n) is 5.96. The van der Waals surface area contributed by atoms with E-state index in [1.165, 1.54) is 11.3 Å². The highest BCUT2D eigenvalue weighted by Gasteiger charge is 2.24. The maximum Gasteiger partial charge on any atom is 0.259 e. The zero-order chi connectivity index (χ0) is 19.9. The molecule has 0 radical (unpaired) electrons. The Kier molecular flexibility index (Phi) is 6.14. The highest BCUT2D eigenvalue weighted by Crippen LogP contribution is 2.23. The molecule has 0 aliphatic heterocycles. The first kappa shape index (κ1) is 19.3. The lowest BCUT2D eigenvalue weighted by Gasteiger charge is -2.12. The number of nitrogens with one attached hydrogen (secondary N) is 1. The SMILES string of the molecule is Cc1csc(C(C#N)C(=O)COc2ccccc2C(=O)Nc2ccccc2)n1. The van der Waals surface area contributed by atoms with Crippen LogP contribution in [0.4, 0.5) is 5.69 Å². The molecule has 0 spiro atoms. The Bertz CT molecular complexity index is 1020. The van der Waals surface area contributed by atoms with Gasteiger partial charge in [-0.3, -0.25) is 9.59 Å². The fourth-order valence-corrected chi connectivity index (χ4v) is 3.36. The molecule has 1 N–H and O–H groups in total. The van der Waals surface area contributed by atoms with Crippen LogP contribution in [0.1, 0.15) is 27.0 Å². The fourth-order valence-electron chi connectivity index (χ4n) is 2.50. The summed E-state index contributed by atoms with van der Waals surface area (Å²) in [6, 6.07) is 17.7. The number of nitrogens with zero attached hydrogens (tertiary/aromatic N) is 2. The number of nitriles is 1. The number of hydrogen-bond donors (Lipinski definition) is 1. The molecule has 28 heavy (non-hydrogen) atoms. The van der Waals surface area contributed by atoms with E-state index in [1.807, 2.05) is 24.3 Å². The van der Waals surface area contributed by atoms with Crippen molar-refractivity contribution in [3.63, 3.8) is 0 Å². The van der Waals surface area contributed by atoms with Crippen molar-refractivity contribution in [1.29, 1.82) is 5.26 Å². The second-order valence-corrected chi connectivity index (χ2v) is 6.85. The van der Waals surface area contributed by atoms with Crippen molar-refractivity contribution in [2.45, 2.75) is 12.8 Å². The number of rotatable bonds is 7. The van der Waals surface area contributed by atoms with Gasteiger partial charge in [-0.25, -0.2) is 4.98 Å². The van der Waals surface area contributed by atoms with E-state index in [9.17, 15) is 14.9 Å². The smallest absolute Gasteiger partial charge is 0.259 e. The molecular formula is C21H17N3O3S. The number of thiazole rings is 1. The van der Waals surface area contributed by atoms with E-state index in [1.54, 1.807) is 48.7 Å². The van der Waals surface area contributed by atoms with Gasteiger partial charge in [-0.1, -0.05) is 30.3 Å². The average molecular weight is 391 g/mol. The predicted octanol–water partition coefficient (Wildman–Crippen LogP) is 3.96. The normalized spacial score (nSPS) is 11.3. The summed E-state index contributed by atoms with van der Waals surface area (Å²) in [6.07, 6.45) is 0. The first-order valence-electron chi connectivity index (χ1n) is 8.51. The molecular weight excluding hydrogens is 374 g/mol. The van der Waals surface area contributed by atoms with Crippen LogP contribution in [-0.4, -0.2) is 23.3 Å². The third-order valence-electron chi connectivity index (χ3n) is 3.87. The highest BCUT2D eigenvalue weighted by molar-refractivity contribution is 7.09. The number of hydrogen-bond acceptors (Lipinski definition) is 6. The fraction of sp³-hybridized carbons (Fsp3) is 0.143. The van der Waals surface area contributed by atoms with E-state index >= 15 is 0 Å². The number of ether oxygens (including phenoxy) is 1. The van der Waals surface area contributed by atoms with Gasteiger partial charge in [0, 0.05) is 16.8 Å². The van der Waals surface area contributed by atoms with E-state index in [4.69, 9.17) is 4.74 Å². The van der Waals surface area contributed by atoms with Crippen LogP contribution >= 0.6 is 11.3 Å². The van der Waals surface area contributed by atoms with Crippen LogP contribution in [0.5, 0.6) is 5.75 Å². The third-order valence-corrected chi connectivity index (χ3v) is 4.90. The van der Waals surface area contributed by atoms with Gasteiger partial charge < -0.3 is 10.1 Å². The predicted molar refractivity (Wildman–Crippen MR) is 107 cm³/mol. The van der Waals surface area contributed by atoms with Crippen LogP contribution < -0.4 is 10.1 Å². The Morgan fingerprint density at radius 1 is 1.18 bits per heavy atom. The van der Waals surface area contributed by atoms with Gasteiger partial charge in [0.25, 0.3) is 5.91 Å². The lowest BCUT2D eigenvalue weighted by atomic mass is 10.1. The molecule has 7 heteroatoms. The van der Waals surface area contributed by atoms with Crippen molar-refractivity contribution in [1.82, 2.24) is 4.98 Å². The van der Waals surface area contributed by atoms with Crippen LogP contribution in [0, 0.1) is 18.3 Å². The molecule has 0 fully saturated rings. The van der Waals surface area contributed by atoms with Crippen LogP contribution in [0.2, 0.25) is 0 Å². The van der Waals surface area contributed by atoms with Crippen LogP contribution in [0.3, 0.4) is 0 Å². The molecule has 0 saturated carbocycles. The molecule has 140 valence electrons. The molecule has 1 aromatic heterocycles. The molecule has 6 nitrogen and oxygen atoms in total. The monoisotopic (exact) mass is 391 g/mol. The van der Waals surface area contributed by atoms with Crippen molar-refractivity contribution < 1.29 is 14.3 Å². The number of aryl methyl sites for hydroxylation is 1. The largest absolute Gasteiger partial charge is 0.485 e. The summed E-state index contributed by atoms with van der Waals surface area (Å²) in [6.45, 7) is 1.48. The number of amides is 1. The van der Waals surface area contributed by atoms with E-state index < -0.39 is 11.7 Å². The van der Waals surface area contributed by atoms with Crippen LogP contribution in [0.15, 0.2) is 60.0 Å². The summed E-state index contributed by atoms with van der Waals surface area (Å²) in [5.74, 6) is -1.46. The molecule has 1 unspecified atom stereocenters. The summed E-state index contributed by atoms with van der Waals surface area (Å²) in [5.41, 5.74) is 1.72. The summed E-state index contributed by atoms with van der Waals surface area (Å²) in [4.78, 5) is 29.2. The number of anilines is 1. The van der Waals surface area contributed by atoms with Crippen molar-refractivity contribution >= 4 is 28.7 Å². The summed E-state index contributed by atoms with van der Waals surface area (Å²) < 4.78 is 5.58. The first-order chi connectivity index (χ1) is 13.6. The number of benzene rings is 2. The number of ketones is 1. The summed E-state index contributed by atoms with van der Waals surface area (Å²) in [5, 5.41) is 14.4. The van der Waals surface area contributed by atoms with E-state index in [2.05, 4.69) is 10.3 Å². The van der Waals surface area contributed by atoms with E-state index in [0.717, 1.165) is 5.69 Å². The molecule has 3 rings (SSSR count). The zero-order valence-corrected chi connectivity index (χ0v) is 15.9. The van der Waals surface area contributed by atoms with Crippen LogP contribution in [-0.2, 0) is 4.79 Å². The molecule has 2 aromatic carbocycles. The Balaban J connectivity index is 1.70. The topological polar surface area (TPSA) is 92.1 Å². The average Bonchev–Trinajstić information content (AvgIpc) is 3.13. The summed E-state index contributed by atoms with van der Waals surface area (Å²) >= 11 is 1.27. The Morgan fingerprint density at radius 3 is 2.57 bits per heavy atom. The highest BCUT2D eigenvalue weighted by atomic mass is 32.1. The number of carbonyl (C=O) groups is 2. The Morgan fingerprint density at radius 2 is 1.89 bits per heavy atom. The standard InChI is InChI=1S/C21H17N3O3S/c1-14-13-28-21(23-14)17(11-22)18(25)12-27-19-10-6-5-9-16(19)20(26)24-15-7-3-2-4-8-15/h2-10,13,17H,12H2,1H3,(H,24,26). The van der Waals surface area contributed by atoms with Gasteiger partial charge in [-0.2, -0.15) is 5.26 Å². The minimum atomic E-state index is -0.982. The molecule has 3 aromatic rings. The minimum absolute atomic E-state index is 0.274. The van der Waals surface area contributed by atoms with E-state index in [-0.39, 0.29) is 18.3 Å². The molecule has 0 bridgehead atoms. The van der Waals surface area contributed by atoms with E-state index in [0.29, 0.717) is 16.3 Å². The van der Waals surface area contributed by atoms with Gasteiger partial charge in [0.2, 0.25) is 0 Å². The van der Waals surface area contributed by atoms with Crippen molar-refractivity contribution in [3.05, 3.63) is 76.2 Å². The number of Topliss-reactive ketones (excluding diaryl/α,β-unsaturated/α-hetero) is 1. The van der Waals surface area contributed by atoms with Gasteiger partial charge in [0.1, 0.15) is 17.4 Å². The lowest BCUT2D eigenvalue weighted by Crippen LogP contribution is -2.20. The molecule has 1 amide bonds. The molecule has 0 aliphatic rings. The Hall–Kier alpha value is -3.50. The molecule has 1 atom stereocenters. The van der Waals surface area contributed by atoms with Crippen LogP contribution in [0.25, 0.3) is 0 Å². The van der Waals surface area contributed by atoms with Gasteiger partial charge >= 0.3 is 0 Å². The number of carbonyl (C=O) groups excluding carboxylic acids is 2. The van der Waals surface area contributed by atoms with Crippen molar-refractivity contribution in [2.75, 3.05) is 11.9 Å². The zero-order valence-electron chi connectivity index (χ0n) is 15.1. The van der Waals surface area contributed by atoms with Gasteiger partial charge in [0.15, 0.2) is 11.7 Å². The Labute approximate surface area is 166 Å². The second kappa shape index (κ2) is 8.93. The first-order valence-corrected chi connectivity index (χ1v) is 9.39. The lowest BCUT2D eigenvalue weighted by molar-refractivity contribution is -0.121. The molecule has 1 heterocycles. The molecule has 0 saturated heterocycles. The van der Waals surface area contributed by atoms with Crippen molar-refractivity contribution in [2.24, 2.45) is 0 Å². The summed E-state index contributed by atoms with van der Waals surface area (Å²) in [7, 11) is 0. The van der Waals surface area contributed by atoms with Gasteiger partial charge in [0.05, 0.1) is 11.6 Å². The maximum absolute atomic E-state index is 12.6. The minimum Gasteiger partial charge on any atom is -0.485 e. The maximum atomic E-state index is 12.6. The third kappa shape index (κ3) is 4.61. The quantitative estimate of drug-likeness (QED) is 0.658. The van der Waals surface area contributed by atoms with Crippen molar-refractivity contribution in [3.8, 4) is 11.8 Å². The molecule has 0 aliphatic carbocycles. The van der Waals surface area contributed by atoms with Gasteiger partial charge in [-0.15, -0.1) is 11.3 Å². The number of para-hydroxylation sites is 2. The van der Waals surface area contributed by atoms with Gasteiger partial charge in [-0.05, 0) is 31.2 Å².